The molecular weight excluding hydrogens is 330 g/mol. The molecule has 0 unspecified atom stereocenters. The fourth-order valence-electron chi connectivity index (χ4n) is 3.13. The van der Waals surface area contributed by atoms with Gasteiger partial charge in [-0.15, -0.1) is 5.10 Å². The van der Waals surface area contributed by atoms with Gasteiger partial charge < -0.3 is 4.42 Å². The van der Waals surface area contributed by atoms with Crippen LogP contribution in [0.2, 0.25) is 0 Å². The fourth-order valence-corrected chi connectivity index (χ4v) is 3.13. The molecule has 26 heavy (non-hydrogen) atoms. The van der Waals surface area contributed by atoms with Crippen molar-refractivity contribution in [1.82, 2.24) is 24.6 Å². The predicted molar refractivity (Wildman–Crippen MR) is 97.3 cm³/mol. The molecule has 0 saturated carbocycles. The highest BCUT2D eigenvalue weighted by Crippen LogP contribution is 2.14. The van der Waals surface area contributed by atoms with Gasteiger partial charge in [-0.3, -0.25) is 14.8 Å². The van der Waals surface area contributed by atoms with Crippen LogP contribution in [0.15, 0.2) is 64.1 Å². The maximum Gasteiger partial charge on any atom is 0.438 e. The van der Waals surface area contributed by atoms with Gasteiger partial charge in [0.05, 0.1) is 0 Å². The third-order valence-corrected chi connectivity index (χ3v) is 4.58. The average Bonchev–Trinajstić information content (AvgIpc) is 3.05. The molecule has 4 rings (SSSR count). The number of piperazine rings is 1. The minimum absolute atomic E-state index is 0.333. The number of benzene rings is 1. The first-order valence-electron chi connectivity index (χ1n) is 8.75. The van der Waals surface area contributed by atoms with Crippen LogP contribution in [0.25, 0.3) is 11.5 Å². The number of hydrogen-bond acceptors (Lipinski definition) is 6. The Morgan fingerprint density at radius 1 is 0.923 bits per heavy atom. The summed E-state index contributed by atoms with van der Waals surface area (Å²) in [4.78, 5) is 20.7. The molecule has 1 aromatic carbocycles. The van der Waals surface area contributed by atoms with Crippen molar-refractivity contribution in [1.29, 1.82) is 0 Å². The Morgan fingerprint density at radius 3 is 2.35 bits per heavy atom. The second-order valence-corrected chi connectivity index (χ2v) is 6.43. The van der Waals surface area contributed by atoms with Crippen molar-refractivity contribution < 1.29 is 4.42 Å². The summed E-state index contributed by atoms with van der Waals surface area (Å²) < 4.78 is 6.67. The highest BCUT2D eigenvalue weighted by Gasteiger charge is 2.19. The molecule has 0 aliphatic carbocycles. The molecule has 3 heterocycles. The van der Waals surface area contributed by atoms with E-state index in [-0.39, 0.29) is 0 Å². The van der Waals surface area contributed by atoms with Gasteiger partial charge in [-0.25, -0.2) is 4.79 Å². The van der Waals surface area contributed by atoms with E-state index in [0.29, 0.717) is 12.6 Å². The molecule has 1 saturated heterocycles. The summed E-state index contributed by atoms with van der Waals surface area (Å²) in [5.74, 6) is -0.0939. The molecule has 7 heteroatoms. The molecule has 0 atom stereocenters. The van der Waals surface area contributed by atoms with E-state index in [1.807, 2.05) is 6.07 Å². The molecule has 134 valence electrons. The molecule has 0 radical (unpaired) electrons. The highest BCUT2D eigenvalue weighted by atomic mass is 16.4. The van der Waals surface area contributed by atoms with Crippen molar-refractivity contribution in [3.05, 3.63) is 71.0 Å². The van der Waals surface area contributed by atoms with Gasteiger partial charge in [-0.05, 0) is 17.7 Å². The quantitative estimate of drug-likeness (QED) is 0.697. The summed E-state index contributed by atoms with van der Waals surface area (Å²) in [6, 6.07) is 14.0. The topological polar surface area (TPSA) is 67.4 Å². The van der Waals surface area contributed by atoms with Crippen molar-refractivity contribution in [3.63, 3.8) is 0 Å². The summed E-state index contributed by atoms with van der Waals surface area (Å²) in [6.07, 6.45) is 3.31. The summed E-state index contributed by atoms with van der Waals surface area (Å²) >= 11 is 0. The van der Waals surface area contributed by atoms with E-state index in [4.69, 9.17) is 4.42 Å². The molecule has 3 aromatic rings. The zero-order chi connectivity index (χ0) is 17.8. The second kappa shape index (κ2) is 7.63. The normalized spacial score (nSPS) is 16.0. The molecule has 0 N–H and O–H groups in total. The van der Waals surface area contributed by atoms with Crippen molar-refractivity contribution in [2.24, 2.45) is 0 Å². The molecule has 2 aromatic heterocycles. The van der Waals surface area contributed by atoms with Crippen LogP contribution >= 0.6 is 0 Å². The van der Waals surface area contributed by atoms with Gasteiger partial charge in [-0.2, -0.15) is 4.68 Å². The van der Waals surface area contributed by atoms with Gasteiger partial charge in [0.15, 0.2) is 0 Å². The van der Waals surface area contributed by atoms with E-state index in [2.05, 4.69) is 44.1 Å². The molecule has 0 bridgehead atoms. The van der Waals surface area contributed by atoms with Crippen LogP contribution in [0.4, 0.5) is 0 Å². The van der Waals surface area contributed by atoms with Crippen LogP contribution in [0.1, 0.15) is 5.56 Å². The lowest BCUT2D eigenvalue weighted by Gasteiger charge is -2.34. The number of hydrogen-bond donors (Lipinski definition) is 0. The molecule has 0 spiro atoms. The van der Waals surface area contributed by atoms with Gasteiger partial charge >= 0.3 is 5.76 Å². The Hall–Kier alpha value is -2.77. The number of nitrogens with zero attached hydrogens (tertiary/aromatic N) is 5. The molecule has 1 aliphatic rings. The van der Waals surface area contributed by atoms with Gasteiger partial charge in [0.1, 0.15) is 6.67 Å². The van der Waals surface area contributed by atoms with Gasteiger partial charge in [0, 0.05) is 50.7 Å². The number of pyridine rings is 1. The SMILES string of the molecule is O=c1oc(-c2ccncc2)nn1CN1CCN(Cc2ccccc2)CC1. The lowest BCUT2D eigenvalue weighted by atomic mass is 10.2. The van der Waals surface area contributed by atoms with Crippen molar-refractivity contribution in [2.75, 3.05) is 26.2 Å². The maximum absolute atomic E-state index is 12.1. The van der Waals surface area contributed by atoms with Crippen molar-refractivity contribution in [3.8, 4) is 11.5 Å². The lowest BCUT2D eigenvalue weighted by Crippen LogP contribution is -2.47. The van der Waals surface area contributed by atoms with Crippen LogP contribution in [0.3, 0.4) is 0 Å². The van der Waals surface area contributed by atoms with Crippen LogP contribution in [0.5, 0.6) is 0 Å². The Morgan fingerprint density at radius 2 is 1.62 bits per heavy atom. The molecule has 7 nitrogen and oxygen atoms in total. The largest absolute Gasteiger partial charge is 0.438 e. The zero-order valence-electron chi connectivity index (χ0n) is 14.5. The second-order valence-electron chi connectivity index (χ2n) is 6.43. The zero-order valence-corrected chi connectivity index (χ0v) is 14.5. The van der Waals surface area contributed by atoms with Gasteiger partial charge in [-0.1, -0.05) is 30.3 Å². The molecule has 1 aliphatic heterocycles. The summed E-state index contributed by atoms with van der Waals surface area (Å²) in [5, 5.41) is 4.32. The third-order valence-electron chi connectivity index (χ3n) is 4.58. The molecule has 0 amide bonds. The summed E-state index contributed by atoms with van der Waals surface area (Å²) in [5.41, 5.74) is 2.08. The van der Waals surface area contributed by atoms with Gasteiger partial charge in [0.25, 0.3) is 0 Å². The Bertz CT molecular complexity index is 883. The number of rotatable bonds is 5. The first-order chi connectivity index (χ1) is 12.8. The van der Waals surface area contributed by atoms with E-state index < -0.39 is 5.76 Å². The van der Waals surface area contributed by atoms with Crippen molar-refractivity contribution >= 4 is 0 Å². The first kappa shape index (κ1) is 16.7. The standard InChI is InChI=1S/C19H21N5O2/c25-19-24(21-18(26-19)17-6-8-20-9-7-17)15-23-12-10-22(11-13-23)14-16-4-2-1-3-5-16/h1-9H,10-15H2. The predicted octanol–water partition coefficient (Wildman–Crippen LogP) is 1.67. The van der Waals surface area contributed by atoms with Crippen molar-refractivity contribution in [2.45, 2.75) is 13.2 Å². The molecular formula is C19H21N5O2. The smallest absolute Gasteiger partial charge is 0.388 e. The highest BCUT2D eigenvalue weighted by molar-refractivity contribution is 5.50. The first-order valence-corrected chi connectivity index (χ1v) is 8.75. The summed E-state index contributed by atoms with van der Waals surface area (Å²) in [7, 11) is 0. The number of aromatic nitrogens is 3. The van der Waals surface area contributed by atoms with E-state index in [0.717, 1.165) is 38.3 Å². The maximum atomic E-state index is 12.1. The van der Waals surface area contributed by atoms with Crippen LogP contribution in [-0.4, -0.2) is 50.7 Å². The van der Waals surface area contributed by atoms with Crippen LogP contribution in [0, 0.1) is 0 Å². The van der Waals surface area contributed by atoms with E-state index in [9.17, 15) is 4.79 Å². The Balaban J connectivity index is 1.35. The minimum Gasteiger partial charge on any atom is -0.388 e. The van der Waals surface area contributed by atoms with Crippen LogP contribution in [-0.2, 0) is 13.2 Å². The van der Waals surface area contributed by atoms with Crippen LogP contribution < -0.4 is 5.76 Å². The van der Waals surface area contributed by atoms with E-state index in [1.165, 1.54) is 10.2 Å². The Labute approximate surface area is 151 Å². The van der Waals surface area contributed by atoms with Gasteiger partial charge in [0.2, 0.25) is 5.89 Å². The Kier molecular flexibility index (Phi) is 4.90. The summed E-state index contributed by atoms with van der Waals surface area (Å²) in [6.45, 7) is 5.15. The minimum atomic E-state index is -0.427. The monoisotopic (exact) mass is 351 g/mol. The fraction of sp³-hybridized carbons (Fsp3) is 0.316. The third kappa shape index (κ3) is 3.89. The molecule has 1 fully saturated rings. The average molecular weight is 351 g/mol. The van der Waals surface area contributed by atoms with E-state index in [1.54, 1.807) is 24.5 Å². The lowest BCUT2D eigenvalue weighted by molar-refractivity contribution is 0.0964. The van der Waals surface area contributed by atoms with E-state index >= 15 is 0 Å².